The lowest BCUT2D eigenvalue weighted by Gasteiger charge is -2.09. The number of hydrogen-bond acceptors (Lipinski definition) is 4. The SMILES string of the molecule is Cc1cc(Br)ccc1NC(=O)CNC(=O)CCCc1nc2ccccc2s1. The van der Waals surface area contributed by atoms with Gasteiger partial charge in [-0.05, 0) is 55.7 Å². The summed E-state index contributed by atoms with van der Waals surface area (Å²) >= 11 is 5.05. The molecule has 1 aromatic heterocycles. The van der Waals surface area contributed by atoms with Crippen molar-refractivity contribution in [3.05, 3.63) is 57.5 Å². The number of halogens is 1. The Hall–Kier alpha value is -2.25. The highest BCUT2D eigenvalue weighted by Crippen LogP contribution is 2.22. The number of rotatable bonds is 7. The molecule has 0 spiro atoms. The molecule has 0 bridgehead atoms. The molecule has 140 valence electrons. The molecule has 0 aliphatic heterocycles. The van der Waals surface area contributed by atoms with E-state index in [4.69, 9.17) is 0 Å². The minimum absolute atomic E-state index is 0.0323. The van der Waals surface area contributed by atoms with Crippen molar-refractivity contribution in [1.82, 2.24) is 10.3 Å². The van der Waals surface area contributed by atoms with Crippen molar-refractivity contribution in [3.63, 3.8) is 0 Å². The Morgan fingerprint density at radius 2 is 1.96 bits per heavy atom. The standard InChI is InChI=1S/C20H20BrN3O2S/c1-13-11-14(21)9-10-15(13)23-19(26)12-22-18(25)7-4-8-20-24-16-5-2-3-6-17(16)27-20/h2-3,5-6,9-11H,4,7-8,12H2,1H3,(H,22,25)(H,23,26). The van der Waals surface area contributed by atoms with Gasteiger partial charge in [0.1, 0.15) is 0 Å². The van der Waals surface area contributed by atoms with E-state index in [2.05, 4.69) is 37.6 Å². The summed E-state index contributed by atoms with van der Waals surface area (Å²) in [6, 6.07) is 13.6. The summed E-state index contributed by atoms with van der Waals surface area (Å²) in [7, 11) is 0. The quantitative estimate of drug-likeness (QED) is 0.564. The van der Waals surface area contributed by atoms with E-state index in [1.54, 1.807) is 11.3 Å². The Morgan fingerprint density at radius 3 is 2.74 bits per heavy atom. The fraction of sp³-hybridized carbons (Fsp3) is 0.250. The van der Waals surface area contributed by atoms with E-state index in [1.807, 2.05) is 43.3 Å². The number of aromatic nitrogens is 1. The van der Waals surface area contributed by atoms with Gasteiger partial charge in [-0.15, -0.1) is 11.3 Å². The third-order valence-electron chi connectivity index (χ3n) is 4.04. The molecule has 1 heterocycles. The van der Waals surface area contributed by atoms with Gasteiger partial charge in [0.25, 0.3) is 0 Å². The number of amides is 2. The van der Waals surface area contributed by atoms with E-state index in [0.717, 1.165) is 37.4 Å². The lowest BCUT2D eigenvalue weighted by Crippen LogP contribution is -2.32. The molecule has 0 aliphatic carbocycles. The lowest BCUT2D eigenvalue weighted by molar-refractivity contribution is -0.124. The van der Waals surface area contributed by atoms with Gasteiger partial charge in [0.05, 0.1) is 21.8 Å². The molecule has 0 unspecified atom stereocenters. The molecule has 0 fully saturated rings. The topological polar surface area (TPSA) is 71.1 Å². The second-order valence-corrected chi connectivity index (χ2v) is 8.24. The molecule has 5 nitrogen and oxygen atoms in total. The van der Waals surface area contributed by atoms with Crippen molar-refractivity contribution in [1.29, 1.82) is 0 Å². The maximum atomic E-state index is 12.0. The Kier molecular flexibility index (Phi) is 6.58. The van der Waals surface area contributed by atoms with Gasteiger partial charge >= 0.3 is 0 Å². The molecule has 0 saturated carbocycles. The van der Waals surface area contributed by atoms with Crippen LogP contribution in [0.15, 0.2) is 46.9 Å². The Balaban J connectivity index is 1.39. The van der Waals surface area contributed by atoms with Gasteiger partial charge in [0.15, 0.2) is 0 Å². The summed E-state index contributed by atoms with van der Waals surface area (Å²) in [5.74, 6) is -0.362. The number of carbonyl (C=O) groups is 2. The summed E-state index contributed by atoms with van der Waals surface area (Å²) < 4.78 is 2.12. The first-order valence-electron chi connectivity index (χ1n) is 8.68. The Bertz CT molecular complexity index is 938. The number of hydrogen-bond donors (Lipinski definition) is 2. The lowest BCUT2D eigenvalue weighted by atomic mass is 10.2. The Morgan fingerprint density at radius 1 is 1.15 bits per heavy atom. The minimum Gasteiger partial charge on any atom is -0.347 e. The van der Waals surface area contributed by atoms with Crippen molar-refractivity contribution in [2.75, 3.05) is 11.9 Å². The van der Waals surface area contributed by atoms with Crippen LogP contribution in [-0.2, 0) is 16.0 Å². The van der Waals surface area contributed by atoms with Gasteiger partial charge in [-0.1, -0.05) is 28.1 Å². The number of aryl methyl sites for hydroxylation is 2. The third kappa shape index (κ3) is 5.61. The molecule has 2 N–H and O–H groups in total. The molecular formula is C20H20BrN3O2S. The van der Waals surface area contributed by atoms with Crippen LogP contribution in [0, 0.1) is 6.92 Å². The number of benzene rings is 2. The minimum atomic E-state index is -0.236. The average Bonchev–Trinajstić information content (AvgIpc) is 3.05. The molecule has 27 heavy (non-hydrogen) atoms. The number of nitrogens with zero attached hydrogens (tertiary/aromatic N) is 1. The van der Waals surface area contributed by atoms with E-state index in [9.17, 15) is 9.59 Å². The zero-order chi connectivity index (χ0) is 19.2. The normalized spacial score (nSPS) is 10.7. The van der Waals surface area contributed by atoms with Crippen molar-refractivity contribution >= 4 is 55.0 Å². The number of para-hydroxylation sites is 1. The fourth-order valence-corrected chi connectivity index (χ4v) is 4.14. The van der Waals surface area contributed by atoms with E-state index in [-0.39, 0.29) is 18.4 Å². The second-order valence-electron chi connectivity index (χ2n) is 6.21. The maximum absolute atomic E-state index is 12.0. The van der Waals surface area contributed by atoms with Gasteiger partial charge in [-0.3, -0.25) is 9.59 Å². The van der Waals surface area contributed by atoms with Crippen LogP contribution in [0.25, 0.3) is 10.2 Å². The van der Waals surface area contributed by atoms with Crippen LogP contribution in [0.1, 0.15) is 23.4 Å². The van der Waals surface area contributed by atoms with E-state index < -0.39 is 0 Å². The van der Waals surface area contributed by atoms with Crippen LogP contribution in [0.2, 0.25) is 0 Å². The number of carbonyl (C=O) groups excluding carboxylic acids is 2. The number of thiazole rings is 1. The van der Waals surface area contributed by atoms with Crippen LogP contribution in [-0.4, -0.2) is 23.3 Å². The molecular weight excluding hydrogens is 426 g/mol. The predicted molar refractivity (Wildman–Crippen MR) is 113 cm³/mol. The van der Waals surface area contributed by atoms with Crippen LogP contribution in [0.3, 0.4) is 0 Å². The molecule has 7 heteroatoms. The van der Waals surface area contributed by atoms with Gasteiger partial charge in [0.2, 0.25) is 11.8 Å². The van der Waals surface area contributed by atoms with Gasteiger partial charge in [-0.2, -0.15) is 0 Å². The predicted octanol–water partition coefficient (Wildman–Crippen LogP) is 4.44. The summed E-state index contributed by atoms with van der Waals surface area (Å²) in [4.78, 5) is 28.5. The average molecular weight is 446 g/mol. The van der Waals surface area contributed by atoms with E-state index >= 15 is 0 Å². The van der Waals surface area contributed by atoms with Gasteiger partial charge in [-0.25, -0.2) is 4.98 Å². The first-order valence-corrected chi connectivity index (χ1v) is 10.3. The largest absolute Gasteiger partial charge is 0.347 e. The molecule has 2 aromatic carbocycles. The molecule has 0 aliphatic rings. The zero-order valence-corrected chi connectivity index (χ0v) is 17.3. The van der Waals surface area contributed by atoms with Crippen molar-refractivity contribution in [2.45, 2.75) is 26.2 Å². The Labute approximate surface area is 170 Å². The van der Waals surface area contributed by atoms with Crippen LogP contribution < -0.4 is 10.6 Å². The van der Waals surface area contributed by atoms with Crippen LogP contribution in [0.5, 0.6) is 0 Å². The third-order valence-corrected chi connectivity index (χ3v) is 5.63. The fourth-order valence-electron chi connectivity index (χ4n) is 2.66. The highest BCUT2D eigenvalue weighted by atomic mass is 79.9. The smallest absolute Gasteiger partial charge is 0.243 e. The first-order chi connectivity index (χ1) is 13.0. The number of fused-ring (bicyclic) bond motifs is 1. The highest BCUT2D eigenvalue weighted by molar-refractivity contribution is 9.10. The van der Waals surface area contributed by atoms with Crippen LogP contribution in [0.4, 0.5) is 5.69 Å². The number of nitrogens with one attached hydrogen (secondary N) is 2. The summed E-state index contributed by atoms with van der Waals surface area (Å²) in [6.45, 7) is 1.89. The molecule has 2 amide bonds. The molecule has 0 atom stereocenters. The zero-order valence-electron chi connectivity index (χ0n) is 14.9. The molecule has 3 rings (SSSR count). The second kappa shape index (κ2) is 9.10. The summed E-state index contributed by atoms with van der Waals surface area (Å²) in [5, 5.41) is 6.51. The highest BCUT2D eigenvalue weighted by Gasteiger charge is 2.09. The van der Waals surface area contributed by atoms with E-state index in [1.165, 1.54) is 0 Å². The molecule has 0 saturated heterocycles. The maximum Gasteiger partial charge on any atom is 0.243 e. The first kappa shape index (κ1) is 19.5. The van der Waals surface area contributed by atoms with Crippen molar-refractivity contribution in [3.8, 4) is 0 Å². The molecule has 0 radical (unpaired) electrons. The monoisotopic (exact) mass is 445 g/mol. The molecule has 3 aromatic rings. The van der Waals surface area contributed by atoms with E-state index in [0.29, 0.717) is 12.8 Å². The number of anilines is 1. The van der Waals surface area contributed by atoms with Crippen LogP contribution >= 0.6 is 27.3 Å². The van der Waals surface area contributed by atoms with Gasteiger partial charge < -0.3 is 10.6 Å². The summed E-state index contributed by atoms with van der Waals surface area (Å²) in [6.07, 6.45) is 1.84. The summed E-state index contributed by atoms with van der Waals surface area (Å²) in [5.41, 5.74) is 2.70. The van der Waals surface area contributed by atoms with Gasteiger partial charge in [0, 0.05) is 16.6 Å². The van der Waals surface area contributed by atoms with Crippen molar-refractivity contribution < 1.29 is 9.59 Å². The van der Waals surface area contributed by atoms with Crippen molar-refractivity contribution in [2.24, 2.45) is 0 Å².